The number of halogens is 1. The third kappa shape index (κ3) is 2.79. The van der Waals surface area contributed by atoms with E-state index in [2.05, 4.69) is 57.8 Å². The molecule has 0 aliphatic carbocycles. The van der Waals surface area contributed by atoms with Gasteiger partial charge >= 0.3 is 0 Å². The molecular weight excluding hydrogens is 304 g/mol. The summed E-state index contributed by atoms with van der Waals surface area (Å²) in [6.45, 7) is 1.11. The highest BCUT2D eigenvalue weighted by molar-refractivity contribution is 6.30. The van der Waals surface area contributed by atoms with Gasteiger partial charge in [0.2, 0.25) is 0 Å². The Labute approximate surface area is 142 Å². The Morgan fingerprint density at radius 1 is 0.870 bits per heavy atom. The Bertz CT molecular complexity index is 804. The van der Waals surface area contributed by atoms with Gasteiger partial charge in [0.25, 0.3) is 5.82 Å². The topological polar surface area (TPSA) is 8.81 Å². The molecule has 3 aromatic rings. The van der Waals surface area contributed by atoms with E-state index in [-0.39, 0.29) is 0 Å². The summed E-state index contributed by atoms with van der Waals surface area (Å²) in [5.41, 5.74) is 3.68. The van der Waals surface area contributed by atoms with Crippen molar-refractivity contribution in [1.82, 2.24) is 4.57 Å². The van der Waals surface area contributed by atoms with Gasteiger partial charge in [-0.15, -0.1) is 0 Å². The molecule has 0 saturated heterocycles. The number of para-hydroxylation sites is 1. The predicted molar refractivity (Wildman–Crippen MR) is 94.0 cm³/mol. The summed E-state index contributed by atoms with van der Waals surface area (Å²) in [6, 6.07) is 18.8. The van der Waals surface area contributed by atoms with Crippen molar-refractivity contribution in [3.05, 3.63) is 71.6 Å². The smallest absolute Gasteiger partial charge is 0.233 e. The van der Waals surface area contributed by atoms with Gasteiger partial charge in [0.15, 0.2) is 5.69 Å². The van der Waals surface area contributed by atoms with E-state index in [1.165, 1.54) is 42.0 Å². The summed E-state index contributed by atoms with van der Waals surface area (Å²) in [5, 5.41) is 0.779. The zero-order chi connectivity index (χ0) is 15.6. The van der Waals surface area contributed by atoms with Crippen molar-refractivity contribution >= 4 is 11.6 Å². The zero-order valence-corrected chi connectivity index (χ0v) is 13.8. The largest absolute Gasteiger partial charge is 0.262 e. The second kappa shape index (κ2) is 6.21. The molecular formula is C20H20ClN2+. The van der Waals surface area contributed by atoms with E-state index in [0.29, 0.717) is 0 Å². The van der Waals surface area contributed by atoms with Crippen molar-refractivity contribution in [2.24, 2.45) is 0 Å². The van der Waals surface area contributed by atoms with Gasteiger partial charge in [-0.25, -0.2) is 4.57 Å². The molecule has 0 N–H and O–H groups in total. The van der Waals surface area contributed by atoms with Crippen LogP contribution >= 0.6 is 11.6 Å². The minimum atomic E-state index is 0.779. The summed E-state index contributed by atoms with van der Waals surface area (Å²) in [4.78, 5) is 0. The summed E-state index contributed by atoms with van der Waals surface area (Å²) in [7, 11) is 0. The minimum absolute atomic E-state index is 0.779. The number of aromatic nitrogens is 2. The van der Waals surface area contributed by atoms with Crippen LogP contribution < -0.4 is 4.57 Å². The molecule has 0 atom stereocenters. The maximum atomic E-state index is 6.07. The van der Waals surface area contributed by atoms with Gasteiger partial charge in [0, 0.05) is 17.0 Å². The van der Waals surface area contributed by atoms with Crippen LogP contribution in [-0.4, -0.2) is 4.57 Å². The maximum absolute atomic E-state index is 6.07. The Balaban J connectivity index is 1.93. The molecule has 0 saturated carbocycles. The molecule has 23 heavy (non-hydrogen) atoms. The third-order valence-electron chi connectivity index (χ3n) is 4.56. The molecule has 1 aliphatic heterocycles. The average molecular weight is 324 g/mol. The summed E-state index contributed by atoms with van der Waals surface area (Å²) in [5.74, 6) is 1.40. The number of aryl methyl sites for hydroxylation is 1. The van der Waals surface area contributed by atoms with Crippen LogP contribution in [0.1, 0.15) is 25.1 Å². The lowest BCUT2D eigenvalue weighted by Crippen LogP contribution is -2.35. The Kier molecular flexibility index (Phi) is 3.92. The van der Waals surface area contributed by atoms with E-state index >= 15 is 0 Å². The summed E-state index contributed by atoms with van der Waals surface area (Å²) in [6.07, 6.45) is 7.26. The number of nitrogens with zero attached hydrogens (tertiary/aromatic N) is 2. The molecule has 0 bridgehead atoms. The Hall–Kier alpha value is -2.06. The molecule has 1 aromatic heterocycles. The maximum Gasteiger partial charge on any atom is 0.262 e. The fourth-order valence-corrected chi connectivity index (χ4v) is 3.55. The second-order valence-corrected chi connectivity index (χ2v) is 6.55. The standard InChI is InChI=1S/C20H20ClN2/c21-17-12-10-16(11-13-17)19-15-22-14-6-2-5-9-20(22)23(19)18-7-3-1-4-8-18/h1,3-4,7-8,10-13,15H,2,5-6,9,14H2/q+1. The highest BCUT2D eigenvalue weighted by Gasteiger charge is 2.26. The summed E-state index contributed by atoms with van der Waals surface area (Å²) < 4.78 is 4.85. The molecule has 0 unspecified atom stereocenters. The number of benzene rings is 2. The molecule has 2 heterocycles. The van der Waals surface area contributed by atoms with E-state index in [1.807, 2.05) is 12.1 Å². The van der Waals surface area contributed by atoms with Crippen LogP contribution in [0, 0.1) is 0 Å². The Morgan fingerprint density at radius 2 is 1.65 bits per heavy atom. The van der Waals surface area contributed by atoms with Crippen LogP contribution in [0.2, 0.25) is 5.02 Å². The molecule has 3 heteroatoms. The quantitative estimate of drug-likeness (QED) is 0.598. The van der Waals surface area contributed by atoms with Crippen molar-refractivity contribution in [3.63, 3.8) is 0 Å². The lowest BCUT2D eigenvalue weighted by Gasteiger charge is -2.05. The van der Waals surface area contributed by atoms with Crippen molar-refractivity contribution < 1.29 is 4.57 Å². The molecule has 116 valence electrons. The van der Waals surface area contributed by atoms with Gasteiger partial charge in [0.1, 0.15) is 11.9 Å². The van der Waals surface area contributed by atoms with E-state index < -0.39 is 0 Å². The lowest BCUT2D eigenvalue weighted by atomic mass is 10.1. The number of fused-ring (bicyclic) bond motifs is 1. The molecule has 1 aliphatic rings. The highest BCUT2D eigenvalue weighted by atomic mass is 35.5. The van der Waals surface area contributed by atoms with Gasteiger partial charge in [-0.1, -0.05) is 29.8 Å². The average Bonchev–Trinajstić information content (AvgIpc) is 2.79. The monoisotopic (exact) mass is 323 g/mol. The first-order valence-corrected chi connectivity index (χ1v) is 8.66. The predicted octanol–water partition coefficient (Wildman–Crippen LogP) is 4.81. The normalized spacial score (nSPS) is 14.3. The number of imidazole rings is 1. The molecule has 0 radical (unpaired) electrons. The van der Waals surface area contributed by atoms with Crippen LogP contribution in [0.4, 0.5) is 0 Å². The van der Waals surface area contributed by atoms with E-state index in [4.69, 9.17) is 11.6 Å². The van der Waals surface area contributed by atoms with Crippen LogP contribution in [0.5, 0.6) is 0 Å². The molecule has 0 fully saturated rings. The van der Waals surface area contributed by atoms with Gasteiger partial charge in [-0.3, -0.25) is 0 Å². The van der Waals surface area contributed by atoms with Gasteiger partial charge < -0.3 is 0 Å². The number of hydrogen-bond acceptors (Lipinski definition) is 0. The third-order valence-corrected chi connectivity index (χ3v) is 4.81. The van der Waals surface area contributed by atoms with Crippen molar-refractivity contribution in [3.8, 4) is 16.9 Å². The van der Waals surface area contributed by atoms with Gasteiger partial charge in [-0.05, 0) is 55.7 Å². The van der Waals surface area contributed by atoms with E-state index in [0.717, 1.165) is 18.0 Å². The van der Waals surface area contributed by atoms with Crippen molar-refractivity contribution in [2.75, 3.05) is 0 Å². The van der Waals surface area contributed by atoms with Gasteiger partial charge in [0.05, 0.1) is 6.54 Å². The van der Waals surface area contributed by atoms with Crippen molar-refractivity contribution in [1.29, 1.82) is 0 Å². The highest BCUT2D eigenvalue weighted by Crippen LogP contribution is 2.27. The van der Waals surface area contributed by atoms with Crippen LogP contribution in [0.15, 0.2) is 60.8 Å². The van der Waals surface area contributed by atoms with E-state index in [1.54, 1.807) is 0 Å². The molecule has 0 spiro atoms. The zero-order valence-electron chi connectivity index (χ0n) is 13.1. The first-order valence-electron chi connectivity index (χ1n) is 8.28. The molecule has 2 aromatic carbocycles. The first-order chi connectivity index (χ1) is 11.3. The second-order valence-electron chi connectivity index (χ2n) is 6.11. The van der Waals surface area contributed by atoms with E-state index in [9.17, 15) is 0 Å². The summed E-state index contributed by atoms with van der Waals surface area (Å²) >= 11 is 6.07. The lowest BCUT2D eigenvalue weighted by molar-refractivity contribution is -0.702. The van der Waals surface area contributed by atoms with Gasteiger partial charge in [-0.2, -0.15) is 4.57 Å². The van der Waals surface area contributed by atoms with Crippen LogP contribution in [-0.2, 0) is 13.0 Å². The SMILES string of the molecule is Clc1ccc(-c2c[n+]3c(n2-c2ccccc2)CCCCC3)cc1. The van der Waals surface area contributed by atoms with Crippen LogP contribution in [0.3, 0.4) is 0 Å². The minimum Gasteiger partial charge on any atom is -0.233 e. The number of rotatable bonds is 2. The molecule has 2 nitrogen and oxygen atoms in total. The first kappa shape index (κ1) is 14.5. The fourth-order valence-electron chi connectivity index (χ4n) is 3.43. The van der Waals surface area contributed by atoms with Crippen molar-refractivity contribution in [2.45, 2.75) is 32.2 Å². The Morgan fingerprint density at radius 3 is 2.43 bits per heavy atom. The van der Waals surface area contributed by atoms with Crippen LogP contribution in [0.25, 0.3) is 16.9 Å². The fraction of sp³-hybridized carbons (Fsp3) is 0.250. The molecule has 0 amide bonds. The number of hydrogen-bond donors (Lipinski definition) is 0. The molecule has 4 rings (SSSR count).